The Morgan fingerprint density at radius 1 is 1.43 bits per heavy atom. The van der Waals surface area contributed by atoms with Crippen LogP contribution in [0.5, 0.6) is 0 Å². The van der Waals surface area contributed by atoms with E-state index in [1.54, 1.807) is 12.1 Å². The van der Waals surface area contributed by atoms with Crippen LogP contribution in [0.15, 0.2) is 22.7 Å². The first-order valence-corrected chi connectivity index (χ1v) is 5.27. The van der Waals surface area contributed by atoms with Crippen LogP contribution in [0.4, 0.5) is 10.1 Å². The molecule has 2 atom stereocenters. The molecular weight excluding hydrogens is 247 g/mol. The lowest BCUT2D eigenvalue weighted by Crippen LogP contribution is -2.35. The number of hydrogen-bond donors (Lipinski definition) is 2. The van der Waals surface area contributed by atoms with Gasteiger partial charge in [-0.2, -0.15) is 0 Å². The molecule has 0 aliphatic heterocycles. The van der Waals surface area contributed by atoms with Gasteiger partial charge in [-0.15, -0.1) is 0 Å². The van der Waals surface area contributed by atoms with Gasteiger partial charge in [0.05, 0.1) is 5.69 Å². The molecule has 0 amide bonds. The van der Waals surface area contributed by atoms with Crippen LogP contribution in [-0.4, -0.2) is 12.1 Å². The highest BCUT2D eigenvalue weighted by molar-refractivity contribution is 9.10. The molecule has 0 aromatic heterocycles. The van der Waals surface area contributed by atoms with Crippen molar-refractivity contribution in [2.45, 2.75) is 25.9 Å². The van der Waals surface area contributed by atoms with Crippen molar-refractivity contribution in [1.29, 1.82) is 0 Å². The van der Waals surface area contributed by atoms with Gasteiger partial charge in [0.2, 0.25) is 0 Å². The van der Waals surface area contributed by atoms with Crippen LogP contribution in [0.3, 0.4) is 0 Å². The Balaban J connectivity index is 2.77. The summed E-state index contributed by atoms with van der Waals surface area (Å²) in [5, 5.41) is 3.02. The maximum atomic E-state index is 13.3. The molecule has 1 rings (SSSR count). The molecule has 2 unspecified atom stereocenters. The predicted molar refractivity (Wildman–Crippen MR) is 60.8 cm³/mol. The second-order valence-electron chi connectivity index (χ2n) is 3.42. The Kier molecular flexibility index (Phi) is 3.89. The van der Waals surface area contributed by atoms with E-state index in [-0.39, 0.29) is 17.9 Å². The van der Waals surface area contributed by atoms with Crippen molar-refractivity contribution in [3.63, 3.8) is 0 Å². The van der Waals surface area contributed by atoms with E-state index in [0.29, 0.717) is 5.69 Å². The van der Waals surface area contributed by atoms with Crippen LogP contribution in [0.2, 0.25) is 0 Å². The summed E-state index contributed by atoms with van der Waals surface area (Å²) in [5.74, 6) is -0.271. The first-order valence-electron chi connectivity index (χ1n) is 4.48. The van der Waals surface area contributed by atoms with Crippen molar-refractivity contribution in [2.75, 3.05) is 5.32 Å². The molecule has 1 aromatic rings. The molecule has 78 valence electrons. The Labute approximate surface area is 91.8 Å². The van der Waals surface area contributed by atoms with Gasteiger partial charge in [0.15, 0.2) is 0 Å². The van der Waals surface area contributed by atoms with Gasteiger partial charge in [-0.1, -0.05) is 15.9 Å². The third kappa shape index (κ3) is 2.96. The molecule has 0 aliphatic rings. The van der Waals surface area contributed by atoms with E-state index in [0.717, 1.165) is 4.47 Å². The summed E-state index contributed by atoms with van der Waals surface area (Å²) in [4.78, 5) is 0. The van der Waals surface area contributed by atoms with Crippen LogP contribution in [0, 0.1) is 5.82 Å². The minimum atomic E-state index is -0.271. The van der Waals surface area contributed by atoms with Gasteiger partial charge < -0.3 is 11.1 Å². The third-order valence-electron chi connectivity index (χ3n) is 2.10. The lowest BCUT2D eigenvalue weighted by molar-refractivity contribution is 0.607. The largest absolute Gasteiger partial charge is 0.379 e. The monoisotopic (exact) mass is 260 g/mol. The van der Waals surface area contributed by atoms with Crippen LogP contribution < -0.4 is 11.1 Å². The summed E-state index contributed by atoms with van der Waals surface area (Å²) < 4.78 is 14.1. The van der Waals surface area contributed by atoms with Crippen molar-refractivity contribution in [3.8, 4) is 0 Å². The van der Waals surface area contributed by atoms with Crippen LogP contribution in [0.25, 0.3) is 0 Å². The fourth-order valence-corrected chi connectivity index (χ4v) is 1.32. The zero-order valence-corrected chi connectivity index (χ0v) is 9.81. The number of halogens is 2. The van der Waals surface area contributed by atoms with E-state index in [9.17, 15) is 4.39 Å². The SMILES string of the molecule is CC(N)C(C)Nc1ccc(Br)cc1F. The quantitative estimate of drug-likeness (QED) is 0.877. The molecule has 0 heterocycles. The molecule has 0 saturated heterocycles. The number of nitrogens with two attached hydrogens (primary N) is 1. The summed E-state index contributed by atoms with van der Waals surface area (Å²) >= 11 is 3.20. The number of nitrogens with one attached hydrogen (secondary N) is 1. The van der Waals surface area contributed by atoms with Crippen molar-refractivity contribution in [3.05, 3.63) is 28.5 Å². The molecular formula is C10H14BrFN2. The zero-order chi connectivity index (χ0) is 10.7. The van der Waals surface area contributed by atoms with Gasteiger partial charge in [0.1, 0.15) is 5.82 Å². The molecule has 0 aliphatic carbocycles. The molecule has 0 fully saturated rings. The highest BCUT2D eigenvalue weighted by atomic mass is 79.9. The van der Waals surface area contributed by atoms with E-state index in [2.05, 4.69) is 21.2 Å². The topological polar surface area (TPSA) is 38.0 Å². The second kappa shape index (κ2) is 4.75. The summed E-state index contributed by atoms with van der Waals surface area (Å²) in [5.41, 5.74) is 6.15. The average molecular weight is 261 g/mol. The van der Waals surface area contributed by atoms with Gasteiger partial charge >= 0.3 is 0 Å². The van der Waals surface area contributed by atoms with E-state index in [1.165, 1.54) is 6.07 Å². The summed E-state index contributed by atoms with van der Waals surface area (Å²) in [7, 11) is 0. The van der Waals surface area contributed by atoms with Crippen LogP contribution in [0.1, 0.15) is 13.8 Å². The molecule has 3 N–H and O–H groups in total. The number of hydrogen-bond acceptors (Lipinski definition) is 2. The molecule has 4 heteroatoms. The minimum Gasteiger partial charge on any atom is -0.379 e. The van der Waals surface area contributed by atoms with Gasteiger partial charge in [0, 0.05) is 16.6 Å². The first-order chi connectivity index (χ1) is 6.50. The van der Waals surface area contributed by atoms with E-state index < -0.39 is 0 Å². The maximum Gasteiger partial charge on any atom is 0.147 e. The van der Waals surface area contributed by atoms with Gasteiger partial charge in [0.25, 0.3) is 0 Å². The number of benzene rings is 1. The highest BCUT2D eigenvalue weighted by Crippen LogP contribution is 2.20. The molecule has 0 spiro atoms. The fourth-order valence-electron chi connectivity index (χ4n) is 0.983. The first kappa shape index (κ1) is 11.5. The smallest absolute Gasteiger partial charge is 0.147 e. The number of anilines is 1. The van der Waals surface area contributed by atoms with Crippen molar-refractivity contribution in [1.82, 2.24) is 0 Å². The Bertz CT molecular complexity index is 315. The average Bonchev–Trinajstić information content (AvgIpc) is 2.09. The Morgan fingerprint density at radius 3 is 2.57 bits per heavy atom. The van der Waals surface area contributed by atoms with E-state index >= 15 is 0 Å². The summed E-state index contributed by atoms with van der Waals surface area (Å²) in [6, 6.07) is 4.94. The van der Waals surface area contributed by atoms with Gasteiger partial charge in [-0.05, 0) is 32.0 Å². The zero-order valence-electron chi connectivity index (χ0n) is 8.22. The predicted octanol–water partition coefficient (Wildman–Crippen LogP) is 2.74. The van der Waals surface area contributed by atoms with Crippen molar-refractivity contribution < 1.29 is 4.39 Å². The van der Waals surface area contributed by atoms with Crippen molar-refractivity contribution >= 4 is 21.6 Å². The lowest BCUT2D eigenvalue weighted by Gasteiger charge is -2.19. The van der Waals surface area contributed by atoms with E-state index in [1.807, 2.05) is 13.8 Å². The molecule has 2 nitrogen and oxygen atoms in total. The highest BCUT2D eigenvalue weighted by Gasteiger charge is 2.09. The minimum absolute atomic E-state index is 0.0157. The normalized spacial score (nSPS) is 14.9. The molecule has 1 aromatic carbocycles. The lowest BCUT2D eigenvalue weighted by atomic mass is 10.1. The molecule has 0 saturated carbocycles. The van der Waals surface area contributed by atoms with Crippen LogP contribution in [-0.2, 0) is 0 Å². The summed E-state index contributed by atoms with van der Waals surface area (Å²) in [6.45, 7) is 3.81. The number of rotatable bonds is 3. The maximum absolute atomic E-state index is 13.3. The van der Waals surface area contributed by atoms with Gasteiger partial charge in [-0.3, -0.25) is 0 Å². The molecule has 0 bridgehead atoms. The van der Waals surface area contributed by atoms with E-state index in [4.69, 9.17) is 5.73 Å². The third-order valence-corrected chi connectivity index (χ3v) is 2.60. The Hall–Kier alpha value is -0.610. The summed E-state index contributed by atoms with van der Waals surface area (Å²) in [6.07, 6.45) is 0. The molecule has 14 heavy (non-hydrogen) atoms. The van der Waals surface area contributed by atoms with Gasteiger partial charge in [-0.25, -0.2) is 4.39 Å². The van der Waals surface area contributed by atoms with Crippen molar-refractivity contribution in [2.24, 2.45) is 5.73 Å². The fraction of sp³-hybridized carbons (Fsp3) is 0.400. The standard InChI is InChI=1S/C10H14BrFN2/c1-6(13)7(2)14-10-4-3-8(11)5-9(10)12/h3-7,14H,13H2,1-2H3. The van der Waals surface area contributed by atoms with Crippen LogP contribution >= 0.6 is 15.9 Å². The molecule has 0 radical (unpaired) electrons. The second-order valence-corrected chi connectivity index (χ2v) is 4.33. The Morgan fingerprint density at radius 2 is 2.07 bits per heavy atom.